The molecule has 2 aromatic rings. The molecule has 0 aliphatic carbocycles. The minimum Gasteiger partial charge on any atom is -0.355 e. The van der Waals surface area contributed by atoms with E-state index in [-0.39, 0.29) is 24.2 Å². The molecule has 5 nitrogen and oxygen atoms in total. The molecule has 1 atom stereocenters. The first-order valence-electron chi connectivity index (χ1n) is 9.42. The van der Waals surface area contributed by atoms with Crippen LogP contribution >= 0.6 is 0 Å². The topological polar surface area (TPSA) is 52.7 Å². The number of carbonyl (C=O) groups is 2. The van der Waals surface area contributed by atoms with E-state index in [2.05, 4.69) is 24.1 Å². The van der Waals surface area contributed by atoms with Gasteiger partial charge in [0.2, 0.25) is 11.8 Å². The van der Waals surface area contributed by atoms with Crippen LogP contribution in [-0.4, -0.2) is 49.4 Å². The molecule has 1 saturated heterocycles. The molecular formula is C21H27N3O2. The largest absolute Gasteiger partial charge is 0.355 e. The first kappa shape index (κ1) is 18.4. The van der Waals surface area contributed by atoms with Crippen molar-refractivity contribution in [1.29, 1.82) is 0 Å². The molecule has 1 aliphatic rings. The highest BCUT2D eigenvalue weighted by Gasteiger charge is 2.35. The van der Waals surface area contributed by atoms with E-state index < -0.39 is 0 Å². The van der Waals surface area contributed by atoms with Gasteiger partial charge in [-0.1, -0.05) is 50.2 Å². The molecule has 1 unspecified atom stereocenters. The summed E-state index contributed by atoms with van der Waals surface area (Å²) in [4.78, 5) is 29.1. The summed E-state index contributed by atoms with van der Waals surface area (Å²) in [6, 6.07) is 14.0. The number of hydrogen-bond donors (Lipinski definition) is 1. The van der Waals surface area contributed by atoms with Crippen molar-refractivity contribution in [2.45, 2.75) is 20.3 Å². The van der Waals surface area contributed by atoms with Crippen molar-refractivity contribution in [2.75, 3.05) is 37.6 Å². The molecule has 0 saturated carbocycles. The lowest BCUT2D eigenvalue weighted by Crippen LogP contribution is -2.38. The van der Waals surface area contributed by atoms with Crippen LogP contribution in [0.3, 0.4) is 0 Å². The second kappa shape index (κ2) is 8.32. The number of nitrogens with one attached hydrogen (secondary N) is 1. The fraction of sp³-hybridized carbons (Fsp3) is 0.429. The van der Waals surface area contributed by atoms with Gasteiger partial charge in [0.15, 0.2) is 0 Å². The van der Waals surface area contributed by atoms with E-state index in [0.717, 1.165) is 36.1 Å². The quantitative estimate of drug-likeness (QED) is 0.833. The Kier molecular flexibility index (Phi) is 5.89. The highest BCUT2D eigenvalue weighted by molar-refractivity contribution is 6.06. The Morgan fingerprint density at radius 3 is 2.65 bits per heavy atom. The molecule has 2 aromatic carbocycles. The van der Waals surface area contributed by atoms with Crippen molar-refractivity contribution in [1.82, 2.24) is 10.2 Å². The average Bonchev–Trinajstić information content (AvgIpc) is 3.06. The van der Waals surface area contributed by atoms with Gasteiger partial charge in [-0.15, -0.1) is 0 Å². The molecule has 1 heterocycles. The molecule has 2 amide bonds. The summed E-state index contributed by atoms with van der Waals surface area (Å²) in [5.41, 5.74) is 0.895. The van der Waals surface area contributed by atoms with Gasteiger partial charge < -0.3 is 15.1 Å². The second-order valence-corrected chi connectivity index (χ2v) is 6.72. The lowest BCUT2D eigenvalue weighted by atomic mass is 10.1. The number of anilines is 1. The Hall–Kier alpha value is -2.40. The van der Waals surface area contributed by atoms with E-state index in [1.54, 1.807) is 4.90 Å². The average molecular weight is 353 g/mol. The van der Waals surface area contributed by atoms with Gasteiger partial charge in [0.05, 0.1) is 11.6 Å². The number of amides is 2. The van der Waals surface area contributed by atoms with Gasteiger partial charge in [-0.25, -0.2) is 0 Å². The van der Waals surface area contributed by atoms with Gasteiger partial charge in [0, 0.05) is 31.4 Å². The van der Waals surface area contributed by atoms with Gasteiger partial charge >= 0.3 is 0 Å². The number of carbonyl (C=O) groups excluding carboxylic acids is 2. The summed E-state index contributed by atoms with van der Waals surface area (Å²) in [5.74, 6) is -0.281. The third-order valence-corrected chi connectivity index (χ3v) is 5.17. The zero-order valence-electron chi connectivity index (χ0n) is 15.6. The summed E-state index contributed by atoms with van der Waals surface area (Å²) in [6.07, 6.45) is 0.278. The van der Waals surface area contributed by atoms with Gasteiger partial charge in [-0.2, -0.15) is 0 Å². The maximum Gasteiger partial charge on any atom is 0.227 e. The Bertz CT molecular complexity index is 780. The van der Waals surface area contributed by atoms with Crippen LogP contribution in [0.25, 0.3) is 10.8 Å². The number of benzene rings is 2. The maximum atomic E-state index is 12.5. The zero-order valence-corrected chi connectivity index (χ0v) is 15.6. The predicted molar refractivity (Wildman–Crippen MR) is 105 cm³/mol. The first-order chi connectivity index (χ1) is 12.6. The number of fused-ring (bicyclic) bond motifs is 1. The van der Waals surface area contributed by atoms with Crippen LogP contribution < -0.4 is 10.2 Å². The summed E-state index contributed by atoms with van der Waals surface area (Å²) < 4.78 is 0. The number of hydrogen-bond acceptors (Lipinski definition) is 3. The van der Waals surface area contributed by atoms with Crippen molar-refractivity contribution >= 4 is 28.3 Å². The van der Waals surface area contributed by atoms with Crippen molar-refractivity contribution in [3.05, 3.63) is 42.5 Å². The van der Waals surface area contributed by atoms with Crippen LogP contribution in [0.2, 0.25) is 0 Å². The maximum absolute atomic E-state index is 12.5. The van der Waals surface area contributed by atoms with Gasteiger partial charge in [-0.3, -0.25) is 9.59 Å². The van der Waals surface area contributed by atoms with E-state index in [1.165, 1.54) is 0 Å². The van der Waals surface area contributed by atoms with Crippen molar-refractivity contribution in [2.24, 2.45) is 5.92 Å². The summed E-state index contributed by atoms with van der Waals surface area (Å²) in [6.45, 7) is 8.09. The van der Waals surface area contributed by atoms with Crippen LogP contribution in [0.15, 0.2) is 42.5 Å². The molecule has 138 valence electrons. The lowest BCUT2D eigenvalue weighted by molar-refractivity contribution is -0.126. The Labute approximate surface area is 155 Å². The number of nitrogens with zero attached hydrogens (tertiary/aromatic N) is 2. The van der Waals surface area contributed by atoms with Crippen molar-refractivity contribution in [3.8, 4) is 0 Å². The summed E-state index contributed by atoms with van der Waals surface area (Å²) >= 11 is 0. The molecule has 1 aliphatic heterocycles. The van der Waals surface area contributed by atoms with E-state index >= 15 is 0 Å². The molecule has 1 N–H and O–H groups in total. The Morgan fingerprint density at radius 2 is 1.88 bits per heavy atom. The van der Waals surface area contributed by atoms with Gasteiger partial charge in [0.25, 0.3) is 0 Å². The highest BCUT2D eigenvalue weighted by Crippen LogP contribution is 2.31. The summed E-state index contributed by atoms with van der Waals surface area (Å²) in [5, 5.41) is 5.14. The molecule has 0 aromatic heterocycles. The molecule has 0 radical (unpaired) electrons. The molecule has 0 spiro atoms. The van der Waals surface area contributed by atoms with Gasteiger partial charge in [0.1, 0.15) is 0 Å². The highest BCUT2D eigenvalue weighted by atomic mass is 16.2. The molecule has 1 fully saturated rings. The van der Waals surface area contributed by atoms with Crippen molar-refractivity contribution < 1.29 is 9.59 Å². The monoisotopic (exact) mass is 353 g/mol. The normalized spacial score (nSPS) is 17.3. The fourth-order valence-electron chi connectivity index (χ4n) is 3.58. The van der Waals surface area contributed by atoms with E-state index in [9.17, 15) is 9.59 Å². The first-order valence-corrected chi connectivity index (χ1v) is 9.42. The molecule has 0 bridgehead atoms. The zero-order chi connectivity index (χ0) is 18.5. The number of rotatable bonds is 7. The second-order valence-electron chi connectivity index (χ2n) is 6.72. The molecule has 26 heavy (non-hydrogen) atoms. The van der Waals surface area contributed by atoms with Gasteiger partial charge in [-0.05, 0) is 24.5 Å². The van der Waals surface area contributed by atoms with E-state index in [0.29, 0.717) is 13.1 Å². The molecular weight excluding hydrogens is 326 g/mol. The van der Waals surface area contributed by atoms with Crippen LogP contribution in [0.5, 0.6) is 0 Å². The molecule has 5 heteroatoms. The fourth-order valence-corrected chi connectivity index (χ4v) is 3.58. The Balaban J connectivity index is 1.66. The lowest BCUT2D eigenvalue weighted by Gasteiger charge is -2.20. The number of likely N-dealkylation sites (N-methyl/N-ethyl adjacent to an activating group) is 1. The van der Waals surface area contributed by atoms with E-state index in [1.807, 2.05) is 42.5 Å². The van der Waals surface area contributed by atoms with Crippen LogP contribution in [0.4, 0.5) is 5.69 Å². The third-order valence-electron chi connectivity index (χ3n) is 5.17. The SMILES string of the molecule is CCN(CC)CCNC(=O)C1CC(=O)N(c2cccc3ccccc23)C1. The van der Waals surface area contributed by atoms with Crippen LogP contribution in [0.1, 0.15) is 20.3 Å². The minimum atomic E-state index is -0.279. The van der Waals surface area contributed by atoms with Crippen LogP contribution in [0, 0.1) is 5.92 Å². The van der Waals surface area contributed by atoms with Crippen molar-refractivity contribution in [3.63, 3.8) is 0 Å². The summed E-state index contributed by atoms with van der Waals surface area (Å²) in [7, 11) is 0. The predicted octanol–water partition coefficient (Wildman–Crippen LogP) is 2.65. The van der Waals surface area contributed by atoms with Crippen LogP contribution in [-0.2, 0) is 9.59 Å². The standard InChI is InChI=1S/C21H27N3O2/c1-3-23(4-2)13-12-22-21(26)17-14-20(25)24(15-17)19-11-7-9-16-8-5-6-10-18(16)19/h5-11,17H,3-4,12-15H2,1-2H3,(H,22,26). The third kappa shape index (κ3) is 3.88. The minimum absolute atomic E-state index is 0.0187. The Morgan fingerprint density at radius 1 is 1.15 bits per heavy atom. The molecule has 3 rings (SSSR count). The smallest absolute Gasteiger partial charge is 0.227 e. The van der Waals surface area contributed by atoms with E-state index in [4.69, 9.17) is 0 Å².